The fraction of sp³-hybridized carbons (Fsp3) is 0. The van der Waals surface area contributed by atoms with E-state index in [9.17, 15) is 9.18 Å². The number of thiophene rings is 1. The number of hydrogen-bond donors (Lipinski definition) is 0. The predicted octanol–water partition coefficient (Wildman–Crippen LogP) is 3.46. The Balaban J connectivity index is 2.95. The first kappa shape index (κ1) is 9.08. The highest BCUT2D eigenvalue weighted by molar-refractivity contribution is 14.1. The fourth-order valence-corrected chi connectivity index (χ4v) is 3.07. The van der Waals surface area contributed by atoms with Crippen molar-refractivity contribution >= 4 is 50.3 Å². The minimum Gasteiger partial charge on any atom is -0.298 e. The third-order valence-electron chi connectivity index (χ3n) is 1.78. The monoisotopic (exact) mass is 306 g/mol. The first-order chi connectivity index (χ1) is 6.24. The third kappa shape index (κ3) is 1.38. The standard InChI is InChI=1S/C9H4FIOS/c10-6-1-2-7(11)8-5(3-12)4-13-9(6)8/h1-4H. The van der Waals surface area contributed by atoms with E-state index in [1.807, 2.05) is 0 Å². The van der Waals surface area contributed by atoms with Crippen molar-refractivity contribution in [2.75, 3.05) is 0 Å². The summed E-state index contributed by atoms with van der Waals surface area (Å²) in [7, 11) is 0. The highest BCUT2D eigenvalue weighted by atomic mass is 127. The molecule has 0 aliphatic heterocycles. The molecule has 66 valence electrons. The molecule has 0 spiro atoms. The highest BCUT2D eigenvalue weighted by Gasteiger charge is 2.10. The van der Waals surface area contributed by atoms with Crippen molar-refractivity contribution < 1.29 is 9.18 Å². The molecule has 0 aliphatic carbocycles. The molecule has 0 saturated carbocycles. The van der Waals surface area contributed by atoms with Crippen LogP contribution < -0.4 is 0 Å². The second-order valence-electron chi connectivity index (χ2n) is 2.54. The molecule has 0 fully saturated rings. The van der Waals surface area contributed by atoms with Crippen LogP contribution in [0.5, 0.6) is 0 Å². The Bertz CT molecular complexity index is 478. The molecule has 0 saturated heterocycles. The molecule has 13 heavy (non-hydrogen) atoms. The van der Waals surface area contributed by atoms with Gasteiger partial charge in [-0.15, -0.1) is 11.3 Å². The minimum atomic E-state index is -0.256. The number of carbonyl (C=O) groups is 1. The van der Waals surface area contributed by atoms with Crippen LogP contribution >= 0.6 is 33.9 Å². The topological polar surface area (TPSA) is 17.1 Å². The van der Waals surface area contributed by atoms with E-state index in [1.165, 1.54) is 17.4 Å². The van der Waals surface area contributed by atoms with Gasteiger partial charge in [0.1, 0.15) is 5.82 Å². The van der Waals surface area contributed by atoms with Crippen molar-refractivity contribution in [3.05, 3.63) is 32.5 Å². The second kappa shape index (κ2) is 3.34. The van der Waals surface area contributed by atoms with Crippen LogP contribution in [0.4, 0.5) is 4.39 Å². The quantitative estimate of drug-likeness (QED) is 0.582. The van der Waals surface area contributed by atoms with E-state index in [1.54, 1.807) is 11.4 Å². The number of rotatable bonds is 1. The lowest BCUT2D eigenvalue weighted by molar-refractivity contribution is 0.112. The maximum atomic E-state index is 13.2. The Hall–Kier alpha value is -0.490. The molecule has 0 bridgehead atoms. The molecule has 0 atom stereocenters. The molecular weight excluding hydrogens is 302 g/mol. The zero-order valence-corrected chi connectivity index (χ0v) is 9.36. The van der Waals surface area contributed by atoms with Gasteiger partial charge in [0, 0.05) is 19.9 Å². The van der Waals surface area contributed by atoms with E-state index in [4.69, 9.17) is 0 Å². The largest absolute Gasteiger partial charge is 0.298 e. The van der Waals surface area contributed by atoms with Gasteiger partial charge in [-0.25, -0.2) is 4.39 Å². The molecule has 2 aromatic rings. The molecule has 0 radical (unpaired) electrons. The maximum absolute atomic E-state index is 13.2. The van der Waals surface area contributed by atoms with Gasteiger partial charge in [-0.05, 0) is 34.7 Å². The lowest BCUT2D eigenvalue weighted by Gasteiger charge is -1.95. The van der Waals surface area contributed by atoms with Crippen molar-refractivity contribution in [2.24, 2.45) is 0 Å². The van der Waals surface area contributed by atoms with Crippen molar-refractivity contribution in [1.82, 2.24) is 0 Å². The van der Waals surface area contributed by atoms with Gasteiger partial charge in [0.15, 0.2) is 6.29 Å². The van der Waals surface area contributed by atoms with Crippen LogP contribution in [0, 0.1) is 9.39 Å². The Morgan fingerprint density at radius 2 is 2.23 bits per heavy atom. The molecule has 0 amide bonds. The van der Waals surface area contributed by atoms with Gasteiger partial charge in [0.05, 0.1) is 4.70 Å². The molecular formula is C9H4FIOS. The lowest BCUT2D eigenvalue weighted by atomic mass is 10.2. The lowest BCUT2D eigenvalue weighted by Crippen LogP contribution is -1.82. The van der Waals surface area contributed by atoms with Crippen LogP contribution in [0.2, 0.25) is 0 Å². The normalized spacial score (nSPS) is 10.6. The summed E-state index contributed by atoms with van der Waals surface area (Å²) < 4.78 is 14.7. The summed E-state index contributed by atoms with van der Waals surface area (Å²) in [5, 5.41) is 2.42. The number of carbonyl (C=O) groups excluding carboxylic acids is 1. The summed E-state index contributed by atoms with van der Waals surface area (Å²) in [6, 6.07) is 3.10. The number of fused-ring (bicyclic) bond motifs is 1. The molecule has 0 aliphatic rings. The zero-order chi connectivity index (χ0) is 9.42. The summed E-state index contributed by atoms with van der Waals surface area (Å²) in [5.74, 6) is -0.256. The van der Waals surface area contributed by atoms with Crippen LogP contribution in [-0.4, -0.2) is 6.29 Å². The molecule has 1 aromatic carbocycles. The molecule has 1 heterocycles. The summed E-state index contributed by atoms with van der Waals surface area (Å²) in [6.07, 6.45) is 0.764. The van der Waals surface area contributed by atoms with Crippen LogP contribution in [0.25, 0.3) is 10.1 Å². The SMILES string of the molecule is O=Cc1csc2c(F)ccc(I)c12. The van der Waals surface area contributed by atoms with Gasteiger partial charge in [-0.1, -0.05) is 0 Å². The Kier molecular flexibility index (Phi) is 2.33. The number of hydrogen-bond acceptors (Lipinski definition) is 2. The maximum Gasteiger partial charge on any atom is 0.151 e. The van der Waals surface area contributed by atoms with E-state index < -0.39 is 0 Å². The summed E-state index contributed by atoms with van der Waals surface area (Å²) in [4.78, 5) is 10.6. The molecule has 4 heteroatoms. The third-order valence-corrected chi connectivity index (χ3v) is 3.68. The van der Waals surface area contributed by atoms with Gasteiger partial charge in [-0.3, -0.25) is 4.79 Å². The number of benzene rings is 1. The van der Waals surface area contributed by atoms with Gasteiger partial charge in [0.25, 0.3) is 0 Å². The van der Waals surface area contributed by atoms with E-state index in [0.717, 1.165) is 15.2 Å². The molecule has 2 rings (SSSR count). The van der Waals surface area contributed by atoms with Crippen molar-refractivity contribution in [1.29, 1.82) is 0 Å². The Labute approximate surface area is 91.7 Å². The van der Waals surface area contributed by atoms with Crippen molar-refractivity contribution in [2.45, 2.75) is 0 Å². The van der Waals surface area contributed by atoms with Gasteiger partial charge in [-0.2, -0.15) is 0 Å². The summed E-state index contributed by atoms with van der Waals surface area (Å²) in [6.45, 7) is 0. The molecule has 1 aromatic heterocycles. The number of halogens is 2. The van der Waals surface area contributed by atoms with Gasteiger partial charge in [0.2, 0.25) is 0 Å². The van der Waals surface area contributed by atoms with Crippen LogP contribution in [0.15, 0.2) is 17.5 Å². The van der Waals surface area contributed by atoms with Gasteiger partial charge < -0.3 is 0 Å². The first-order valence-corrected chi connectivity index (χ1v) is 5.50. The van der Waals surface area contributed by atoms with Crippen LogP contribution in [0.1, 0.15) is 10.4 Å². The van der Waals surface area contributed by atoms with Crippen LogP contribution in [-0.2, 0) is 0 Å². The number of aldehydes is 1. The van der Waals surface area contributed by atoms with E-state index in [-0.39, 0.29) is 5.82 Å². The Morgan fingerprint density at radius 3 is 2.92 bits per heavy atom. The highest BCUT2D eigenvalue weighted by Crippen LogP contribution is 2.31. The molecule has 0 N–H and O–H groups in total. The van der Waals surface area contributed by atoms with E-state index >= 15 is 0 Å². The van der Waals surface area contributed by atoms with Gasteiger partial charge >= 0.3 is 0 Å². The summed E-state index contributed by atoms with van der Waals surface area (Å²) >= 11 is 3.37. The Morgan fingerprint density at radius 1 is 1.46 bits per heavy atom. The summed E-state index contributed by atoms with van der Waals surface area (Å²) in [5.41, 5.74) is 0.573. The van der Waals surface area contributed by atoms with E-state index in [0.29, 0.717) is 10.3 Å². The van der Waals surface area contributed by atoms with Crippen molar-refractivity contribution in [3.63, 3.8) is 0 Å². The predicted molar refractivity (Wildman–Crippen MR) is 59.9 cm³/mol. The molecule has 0 unspecified atom stereocenters. The fourth-order valence-electron chi connectivity index (χ4n) is 1.19. The zero-order valence-electron chi connectivity index (χ0n) is 6.38. The minimum absolute atomic E-state index is 0.256. The second-order valence-corrected chi connectivity index (χ2v) is 4.58. The smallest absolute Gasteiger partial charge is 0.151 e. The average Bonchev–Trinajstić information content (AvgIpc) is 2.56. The first-order valence-electron chi connectivity index (χ1n) is 3.54. The average molecular weight is 306 g/mol. The van der Waals surface area contributed by atoms with Crippen molar-refractivity contribution in [3.8, 4) is 0 Å². The van der Waals surface area contributed by atoms with Crippen LogP contribution in [0.3, 0.4) is 0 Å². The molecule has 1 nitrogen and oxygen atoms in total. The van der Waals surface area contributed by atoms with E-state index in [2.05, 4.69) is 22.6 Å².